The number of nitrogens with zero attached hydrogens (tertiary/aromatic N) is 1. The molecule has 1 aliphatic carbocycles. The second-order valence-corrected chi connectivity index (χ2v) is 3.90. The van der Waals surface area contributed by atoms with Crippen LogP contribution < -0.4 is 0 Å². The van der Waals surface area contributed by atoms with Crippen molar-refractivity contribution in [1.29, 1.82) is 0 Å². The van der Waals surface area contributed by atoms with E-state index in [0.717, 1.165) is 0 Å². The quantitative estimate of drug-likeness (QED) is 0.399. The maximum Gasteiger partial charge on any atom is 0.396 e. The van der Waals surface area contributed by atoms with E-state index in [1.807, 2.05) is 0 Å². The smallest absolute Gasteiger partial charge is 0.390 e. The number of hydrogen-bond acceptors (Lipinski definition) is 4. The van der Waals surface area contributed by atoms with Crippen LogP contribution in [0.5, 0.6) is 0 Å². The van der Waals surface area contributed by atoms with Crippen LogP contribution in [0.2, 0.25) is 0 Å². The highest BCUT2D eigenvalue weighted by atomic mass is 16.7. The molecule has 5 nitrogen and oxygen atoms in total. The molecule has 2 aliphatic heterocycles. The molecular formula is C8H9NO4. The van der Waals surface area contributed by atoms with Crippen molar-refractivity contribution in [1.82, 2.24) is 0 Å². The van der Waals surface area contributed by atoms with Crippen LogP contribution in [0.3, 0.4) is 0 Å². The fourth-order valence-corrected chi connectivity index (χ4v) is 2.33. The number of fused-ring (bicyclic) bond motifs is 3. The van der Waals surface area contributed by atoms with Gasteiger partial charge in [-0.25, -0.2) is 6.57 Å². The van der Waals surface area contributed by atoms with Crippen molar-refractivity contribution in [3.8, 4) is 0 Å². The Morgan fingerprint density at radius 1 is 1.54 bits per heavy atom. The lowest BCUT2D eigenvalue weighted by Crippen LogP contribution is -2.49. The molecule has 0 aromatic heterocycles. The Bertz CT molecular complexity index is 325. The van der Waals surface area contributed by atoms with Crippen LogP contribution in [-0.4, -0.2) is 46.0 Å². The lowest BCUT2D eigenvalue weighted by atomic mass is 9.94. The van der Waals surface area contributed by atoms with Crippen molar-refractivity contribution in [2.45, 2.75) is 42.7 Å². The van der Waals surface area contributed by atoms with Gasteiger partial charge in [-0.3, -0.25) is 9.58 Å². The van der Waals surface area contributed by atoms with E-state index < -0.39 is 29.6 Å². The first-order chi connectivity index (χ1) is 6.07. The molecule has 2 saturated heterocycles. The standard InChI is InChI=1S/C8H9NO4/c1-3(10)7(11)4-5(12-4)8(9-2)6(7)13-8/h3-6,10-11H,1H3. The van der Waals surface area contributed by atoms with Gasteiger partial charge in [-0.1, -0.05) is 0 Å². The number of rotatable bonds is 1. The zero-order chi connectivity index (χ0) is 9.43. The van der Waals surface area contributed by atoms with E-state index in [1.165, 1.54) is 6.92 Å². The molecule has 1 saturated carbocycles. The minimum atomic E-state index is -1.38. The van der Waals surface area contributed by atoms with E-state index in [-0.39, 0.29) is 6.10 Å². The summed E-state index contributed by atoms with van der Waals surface area (Å²) in [5.74, 6) is 0. The molecule has 6 unspecified atom stereocenters. The van der Waals surface area contributed by atoms with Crippen LogP contribution in [0.25, 0.3) is 4.85 Å². The fraction of sp³-hybridized carbons (Fsp3) is 0.875. The maximum atomic E-state index is 10.0. The maximum absolute atomic E-state index is 10.0. The van der Waals surface area contributed by atoms with Crippen molar-refractivity contribution in [2.24, 2.45) is 0 Å². The second kappa shape index (κ2) is 1.74. The molecule has 0 spiro atoms. The third kappa shape index (κ3) is 0.577. The number of hydrogen-bond donors (Lipinski definition) is 2. The Morgan fingerprint density at radius 3 is 2.62 bits per heavy atom. The summed E-state index contributed by atoms with van der Waals surface area (Å²) >= 11 is 0. The first-order valence-corrected chi connectivity index (χ1v) is 4.19. The normalized spacial score (nSPS) is 63.4. The number of aliphatic hydroxyl groups excluding tert-OH is 1. The van der Waals surface area contributed by atoms with E-state index in [4.69, 9.17) is 16.0 Å². The van der Waals surface area contributed by atoms with Gasteiger partial charge in [0.05, 0.1) is 6.10 Å². The molecule has 0 aromatic rings. The largest absolute Gasteiger partial charge is 0.396 e. The zero-order valence-corrected chi connectivity index (χ0v) is 6.97. The molecule has 0 aromatic carbocycles. The molecule has 3 fully saturated rings. The topological polar surface area (TPSA) is 69.9 Å². The Hall–Kier alpha value is -0.670. The van der Waals surface area contributed by atoms with Crippen LogP contribution in [0.15, 0.2) is 0 Å². The Morgan fingerprint density at radius 2 is 2.23 bits per heavy atom. The first kappa shape index (κ1) is 7.71. The summed E-state index contributed by atoms with van der Waals surface area (Å²) in [6, 6.07) is 0. The molecule has 70 valence electrons. The summed E-state index contributed by atoms with van der Waals surface area (Å²) in [5, 5.41) is 19.4. The molecule has 2 heterocycles. The zero-order valence-electron chi connectivity index (χ0n) is 6.97. The van der Waals surface area contributed by atoms with Gasteiger partial charge in [0.25, 0.3) is 0 Å². The van der Waals surface area contributed by atoms with Crippen LogP contribution in [-0.2, 0) is 9.47 Å². The van der Waals surface area contributed by atoms with Crippen LogP contribution in [0.1, 0.15) is 6.92 Å². The minimum absolute atomic E-state index is 0.338. The van der Waals surface area contributed by atoms with Crippen LogP contribution in [0.4, 0.5) is 0 Å². The predicted octanol–water partition coefficient (Wildman–Crippen LogP) is -1.11. The lowest BCUT2D eigenvalue weighted by molar-refractivity contribution is -0.0980. The Labute approximate surface area is 74.7 Å². The van der Waals surface area contributed by atoms with Crippen molar-refractivity contribution in [2.75, 3.05) is 0 Å². The van der Waals surface area contributed by atoms with Crippen molar-refractivity contribution < 1.29 is 19.7 Å². The average molecular weight is 183 g/mol. The van der Waals surface area contributed by atoms with Crippen LogP contribution >= 0.6 is 0 Å². The van der Waals surface area contributed by atoms with Gasteiger partial charge >= 0.3 is 5.72 Å². The summed E-state index contributed by atoms with van der Waals surface area (Å²) in [4.78, 5) is 3.33. The highest BCUT2D eigenvalue weighted by Gasteiger charge is 2.95. The van der Waals surface area contributed by atoms with Gasteiger partial charge < -0.3 is 14.9 Å². The molecule has 13 heavy (non-hydrogen) atoms. The first-order valence-electron chi connectivity index (χ1n) is 4.19. The van der Waals surface area contributed by atoms with E-state index in [2.05, 4.69) is 4.85 Å². The van der Waals surface area contributed by atoms with Crippen molar-refractivity contribution in [3.63, 3.8) is 0 Å². The second-order valence-electron chi connectivity index (χ2n) is 3.90. The Kier molecular flexibility index (Phi) is 1.03. The minimum Gasteiger partial charge on any atom is -0.390 e. The van der Waals surface area contributed by atoms with Gasteiger partial charge in [0.1, 0.15) is 6.10 Å². The van der Waals surface area contributed by atoms with Gasteiger partial charge in [0, 0.05) is 0 Å². The van der Waals surface area contributed by atoms with Crippen LogP contribution in [0, 0.1) is 6.57 Å². The van der Waals surface area contributed by atoms with E-state index in [9.17, 15) is 10.2 Å². The molecule has 0 radical (unpaired) electrons. The van der Waals surface area contributed by atoms with Gasteiger partial charge in [-0.15, -0.1) is 0 Å². The summed E-state index contributed by atoms with van der Waals surface area (Å²) < 4.78 is 10.3. The number of ether oxygens (including phenoxy) is 2. The summed E-state index contributed by atoms with van der Waals surface area (Å²) in [6.45, 7) is 8.43. The molecular weight excluding hydrogens is 174 g/mol. The third-order valence-electron chi connectivity index (χ3n) is 3.24. The highest BCUT2D eigenvalue weighted by Crippen LogP contribution is 2.66. The molecule has 0 amide bonds. The number of epoxide rings is 2. The van der Waals surface area contributed by atoms with E-state index >= 15 is 0 Å². The van der Waals surface area contributed by atoms with E-state index in [1.54, 1.807) is 0 Å². The molecule has 5 heteroatoms. The SMILES string of the molecule is [C-]#[N+]C12OC1C(O)(C(C)O)C1OC12. The van der Waals surface area contributed by atoms with E-state index in [0.29, 0.717) is 0 Å². The fourth-order valence-electron chi connectivity index (χ4n) is 2.33. The van der Waals surface area contributed by atoms with Gasteiger partial charge in [-0.05, 0) is 6.92 Å². The van der Waals surface area contributed by atoms with Gasteiger partial charge in [0.2, 0.25) is 6.10 Å². The average Bonchev–Trinajstić information content (AvgIpc) is 2.95. The highest BCUT2D eigenvalue weighted by molar-refractivity contribution is 5.38. The molecule has 6 atom stereocenters. The predicted molar refractivity (Wildman–Crippen MR) is 39.5 cm³/mol. The van der Waals surface area contributed by atoms with Gasteiger partial charge in [0.15, 0.2) is 11.7 Å². The van der Waals surface area contributed by atoms with Crippen molar-refractivity contribution in [3.05, 3.63) is 11.4 Å². The summed E-state index contributed by atoms with van der Waals surface area (Å²) in [6.07, 6.45) is -2.25. The summed E-state index contributed by atoms with van der Waals surface area (Å²) in [7, 11) is 0. The molecule has 2 N–H and O–H groups in total. The molecule has 3 rings (SSSR count). The van der Waals surface area contributed by atoms with Gasteiger partial charge in [-0.2, -0.15) is 0 Å². The molecule has 0 bridgehead atoms. The molecule has 3 aliphatic rings. The third-order valence-corrected chi connectivity index (χ3v) is 3.24. The Balaban J connectivity index is 2.01. The lowest BCUT2D eigenvalue weighted by Gasteiger charge is -2.24. The van der Waals surface area contributed by atoms with Crippen molar-refractivity contribution >= 4 is 0 Å². The summed E-state index contributed by atoms with van der Waals surface area (Å²) in [5.41, 5.74) is -2.37. The monoisotopic (exact) mass is 183 g/mol. The number of aliphatic hydroxyl groups is 2.